The maximum absolute atomic E-state index is 10.2. The molecule has 0 spiro atoms. The minimum Gasteiger partial charge on any atom is -0.303 e. The van der Waals surface area contributed by atoms with Crippen LogP contribution in [0.15, 0.2) is 0 Å². The maximum Gasteiger partial charge on any atom is 0.297 e. The van der Waals surface area contributed by atoms with Crippen LogP contribution in [0.25, 0.3) is 0 Å². The Hall–Kier alpha value is -2.40. The second-order valence-corrected chi connectivity index (χ2v) is 3.40. The molecule has 0 radical (unpaired) electrons. The van der Waals surface area contributed by atoms with Crippen molar-refractivity contribution in [3.63, 3.8) is 0 Å². The van der Waals surface area contributed by atoms with Gasteiger partial charge in [-0.25, -0.2) is 0 Å². The third-order valence-corrected chi connectivity index (χ3v) is 1.89. The quantitative estimate of drug-likeness (QED) is 0.349. The maximum atomic E-state index is 10.2. The van der Waals surface area contributed by atoms with Crippen molar-refractivity contribution in [2.24, 2.45) is 0 Å². The van der Waals surface area contributed by atoms with E-state index >= 15 is 0 Å². The molecular weight excluding hydrogens is 246 g/mol. The van der Waals surface area contributed by atoms with Crippen molar-refractivity contribution in [1.29, 1.82) is 0 Å². The fourth-order valence-electron chi connectivity index (χ4n) is 0.790. The molecule has 0 aliphatic carbocycles. The SMILES string of the molecule is CC(C)(O[N+](=O)[O-])C(C)(O[N+](=O)[O-])O[N+](=O)[O-]. The number of rotatable bonds is 7. The molecule has 12 heteroatoms. The van der Waals surface area contributed by atoms with E-state index in [0.717, 1.165) is 20.8 Å². The highest BCUT2D eigenvalue weighted by Crippen LogP contribution is 2.31. The molecule has 0 saturated heterocycles. The van der Waals surface area contributed by atoms with Gasteiger partial charge >= 0.3 is 0 Å². The second kappa shape index (κ2) is 4.63. The Morgan fingerprint density at radius 3 is 1.29 bits per heavy atom. The fourth-order valence-corrected chi connectivity index (χ4v) is 0.790. The third-order valence-electron chi connectivity index (χ3n) is 1.89. The Morgan fingerprint density at radius 1 is 0.765 bits per heavy atom. The van der Waals surface area contributed by atoms with Gasteiger partial charge in [-0.15, -0.1) is 30.3 Å². The molecule has 0 N–H and O–H groups in total. The summed E-state index contributed by atoms with van der Waals surface area (Å²) in [5.74, 6) is -2.59. The lowest BCUT2D eigenvalue weighted by molar-refractivity contribution is -0.893. The second-order valence-electron chi connectivity index (χ2n) is 3.40. The van der Waals surface area contributed by atoms with Gasteiger partial charge in [-0.2, -0.15) is 0 Å². The van der Waals surface area contributed by atoms with Crippen LogP contribution in [-0.2, 0) is 14.5 Å². The zero-order valence-electron chi connectivity index (χ0n) is 9.02. The molecule has 0 fully saturated rings. The van der Waals surface area contributed by atoms with E-state index in [9.17, 15) is 30.3 Å². The summed E-state index contributed by atoms with van der Waals surface area (Å²) < 4.78 is 0. The molecule has 0 rings (SSSR count). The van der Waals surface area contributed by atoms with E-state index in [-0.39, 0.29) is 0 Å². The molecule has 0 aromatic rings. The Labute approximate surface area is 93.4 Å². The van der Waals surface area contributed by atoms with Crippen LogP contribution in [0, 0.1) is 30.3 Å². The summed E-state index contributed by atoms with van der Waals surface area (Å²) in [7, 11) is 0. The Morgan fingerprint density at radius 2 is 1.06 bits per heavy atom. The van der Waals surface area contributed by atoms with Crippen molar-refractivity contribution in [2.75, 3.05) is 0 Å². The van der Waals surface area contributed by atoms with E-state index in [1.165, 1.54) is 0 Å². The molecule has 0 aliphatic heterocycles. The highest BCUT2D eigenvalue weighted by atomic mass is 17.1. The molecule has 12 nitrogen and oxygen atoms in total. The van der Waals surface area contributed by atoms with Crippen molar-refractivity contribution in [3.8, 4) is 0 Å². The molecule has 98 valence electrons. The predicted molar refractivity (Wildman–Crippen MR) is 46.7 cm³/mol. The minimum absolute atomic E-state index is 0.766. The summed E-state index contributed by atoms with van der Waals surface area (Å²) in [5, 5.41) is 26.5. The third kappa shape index (κ3) is 3.92. The van der Waals surface area contributed by atoms with Crippen LogP contribution in [0.2, 0.25) is 0 Å². The van der Waals surface area contributed by atoms with Crippen LogP contribution in [0.4, 0.5) is 0 Å². The van der Waals surface area contributed by atoms with Crippen LogP contribution in [-0.4, -0.2) is 26.6 Å². The van der Waals surface area contributed by atoms with E-state index in [1.807, 2.05) is 0 Å². The smallest absolute Gasteiger partial charge is 0.297 e. The average molecular weight is 255 g/mol. The van der Waals surface area contributed by atoms with Crippen LogP contribution in [0.5, 0.6) is 0 Å². The van der Waals surface area contributed by atoms with Gasteiger partial charge in [-0.1, -0.05) is 0 Å². The normalized spacial score (nSPS) is 11.5. The Bertz CT molecular complexity index is 324. The molecular formula is C5H9N3O9. The molecule has 0 amide bonds. The largest absolute Gasteiger partial charge is 0.303 e. The number of hydrogen-bond acceptors (Lipinski definition) is 9. The fraction of sp³-hybridized carbons (Fsp3) is 1.00. The lowest BCUT2D eigenvalue weighted by atomic mass is 9.99. The summed E-state index contributed by atoms with van der Waals surface area (Å²) in [6, 6.07) is 0. The van der Waals surface area contributed by atoms with Crippen molar-refractivity contribution < 1.29 is 29.8 Å². The van der Waals surface area contributed by atoms with E-state index in [4.69, 9.17) is 0 Å². The van der Waals surface area contributed by atoms with Gasteiger partial charge in [-0.05, 0) is 20.8 Å². The van der Waals surface area contributed by atoms with Gasteiger partial charge in [0.25, 0.3) is 21.0 Å². The van der Waals surface area contributed by atoms with Crippen LogP contribution in [0.3, 0.4) is 0 Å². The summed E-state index contributed by atoms with van der Waals surface area (Å²) >= 11 is 0. The van der Waals surface area contributed by atoms with E-state index in [2.05, 4.69) is 14.5 Å². The minimum atomic E-state index is -2.59. The van der Waals surface area contributed by atoms with Gasteiger partial charge in [0.2, 0.25) is 0 Å². The lowest BCUT2D eigenvalue weighted by Crippen LogP contribution is -2.56. The first-order chi connectivity index (χ1) is 7.50. The van der Waals surface area contributed by atoms with Crippen molar-refractivity contribution in [1.82, 2.24) is 0 Å². The zero-order chi connectivity index (χ0) is 13.9. The van der Waals surface area contributed by atoms with E-state index in [0.29, 0.717) is 0 Å². The van der Waals surface area contributed by atoms with Crippen LogP contribution >= 0.6 is 0 Å². The van der Waals surface area contributed by atoms with Gasteiger partial charge < -0.3 is 4.84 Å². The lowest BCUT2D eigenvalue weighted by Gasteiger charge is -2.36. The van der Waals surface area contributed by atoms with Crippen LogP contribution in [0.1, 0.15) is 20.8 Å². The zero-order valence-corrected chi connectivity index (χ0v) is 9.02. The Balaban J connectivity index is 5.20. The summed E-state index contributed by atoms with van der Waals surface area (Å²) in [6.45, 7) is 2.69. The van der Waals surface area contributed by atoms with Crippen molar-refractivity contribution >= 4 is 0 Å². The molecule has 0 bridgehead atoms. The molecule has 0 atom stereocenters. The molecule has 17 heavy (non-hydrogen) atoms. The number of hydrogen-bond donors (Lipinski definition) is 0. The molecule has 0 aromatic carbocycles. The first-order valence-electron chi connectivity index (χ1n) is 4.01. The van der Waals surface area contributed by atoms with Crippen molar-refractivity contribution in [3.05, 3.63) is 30.3 Å². The summed E-state index contributed by atoms with van der Waals surface area (Å²) in [5.41, 5.74) is -2.09. The molecule has 0 aromatic heterocycles. The Kier molecular flexibility index (Phi) is 3.97. The molecule has 0 heterocycles. The summed E-state index contributed by atoms with van der Waals surface area (Å²) in [4.78, 5) is 42.5. The van der Waals surface area contributed by atoms with Gasteiger partial charge in [0.15, 0.2) is 5.60 Å². The standard InChI is InChI=1S/C5H9N3O9/c1-4(2,15-6(9)10)5(3,16-7(11)12)17-8(13)14/h1-3H3. The monoisotopic (exact) mass is 255 g/mol. The van der Waals surface area contributed by atoms with E-state index in [1.54, 1.807) is 0 Å². The van der Waals surface area contributed by atoms with Crippen molar-refractivity contribution in [2.45, 2.75) is 32.2 Å². The average Bonchev–Trinajstić information content (AvgIpc) is 1.96. The van der Waals surface area contributed by atoms with E-state index < -0.39 is 26.6 Å². The van der Waals surface area contributed by atoms with Gasteiger partial charge in [0.1, 0.15) is 0 Å². The molecule has 0 saturated carbocycles. The summed E-state index contributed by atoms with van der Waals surface area (Å²) in [6.07, 6.45) is 0. The van der Waals surface area contributed by atoms with Gasteiger partial charge in [0.05, 0.1) is 0 Å². The molecule has 0 aliphatic rings. The topological polar surface area (TPSA) is 157 Å². The first kappa shape index (κ1) is 14.6. The van der Waals surface area contributed by atoms with Gasteiger partial charge in [0, 0.05) is 0 Å². The molecule has 0 unspecified atom stereocenters. The highest BCUT2D eigenvalue weighted by molar-refractivity contribution is 4.82. The predicted octanol–water partition coefficient (Wildman–Crippen LogP) is 0.106. The number of nitrogens with zero attached hydrogens (tertiary/aromatic N) is 3. The van der Waals surface area contributed by atoms with Gasteiger partial charge in [-0.3, -0.25) is 9.68 Å². The highest BCUT2D eigenvalue weighted by Gasteiger charge is 2.52. The van der Waals surface area contributed by atoms with Crippen LogP contribution < -0.4 is 0 Å². The first-order valence-corrected chi connectivity index (χ1v) is 4.01.